The molecule has 0 unspecified atom stereocenters. The molecule has 0 aromatic heterocycles. The zero-order valence-electron chi connectivity index (χ0n) is 6.68. The van der Waals surface area contributed by atoms with E-state index in [2.05, 4.69) is 11.3 Å². The van der Waals surface area contributed by atoms with Crippen LogP contribution in [-0.4, -0.2) is 23.7 Å². The standard InChI is InChI=1S/C7H10Cl2O3/c1-3-6(10)11-4-5-12-7(2,8)9/h3H,1,4-5H2,2H3. The summed E-state index contributed by atoms with van der Waals surface area (Å²) in [5, 5.41) is 0. The highest BCUT2D eigenvalue weighted by molar-refractivity contribution is 6.46. The molecule has 0 heterocycles. The quantitative estimate of drug-likeness (QED) is 0.302. The van der Waals surface area contributed by atoms with Crippen molar-refractivity contribution in [1.82, 2.24) is 0 Å². The zero-order chi connectivity index (χ0) is 9.61. The van der Waals surface area contributed by atoms with Crippen LogP contribution in [-0.2, 0) is 14.3 Å². The summed E-state index contributed by atoms with van der Waals surface area (Å²) in [6.07, 6.45) is 1.07. The minimum atomic E-state index is -1.24. The molecule has 0 N–H and O–H groups in total. The van der Waals surface area contributed by atoms with Gasteiger partial charge >= 0.3 is 5.97 Å². The molecule has 0 aliphatic heterocycles. The second-order valence-electron chi connectivity index (χ2n) is 2.03. The van der Waals surface area contributed by atoms with Gasteiger partial charge in [0.15, 0.2) is 0 Å². The number of alkyl halides is 2. The summed E-state index contributed by atoms with van der Waals surface area (Å²) in [6.45, 7) is 4.97. The van der Waals surface area contributed by atoms with Gasteiger partial charge in [0.1, 0.15) is 6.61 Å². The summed E-state index contributed by atoms with van der Waals surface area (Å²) < 4.78 is 8.20. The Hall–Kier alpha value is -0.250. The Morgan fingerprint density at radius 3 is 2.58 bits per heavy atom. The van der Waals surface area contributed by atoms with Crippen molar-refractivity contribution >= 4 is 29.2 Å². The first kappa shape index (κ1) is 11.8. The van der Waals surface area contributed by atoms with Crippen molar-refractivity contribution in [2.75, 3.05) is 13.2 Å². The van der Waals surface area contributed by atoms with E-state index < -0.39 is 10.5 Å². The molecule has 0 aliphatic rings. The molecular weight excluding hydrogens is 203 g/mol. The molecule has 0 aromatic rings. The maximum atomic E-state index is 10.5. The van der Waals surface area contributed by atoms with Gasteiger partial charge in [-0.2, -0.15) is 0 Å². The van der Waals surface area contributed by atoms with Crippen molar-refractivity contribution in [3.05, 3.63) is 12.7 Å². The van der Waals surface area contributed by atoms with E-state index in [9.17, 15) is 4.79 Å². The van der Waals surface area contributed by atoms with Gasteiger partial charge in [0.05, 0.1) is 6.61 Å². The van der Waals surface area contributed by atoms with Crippen LogP contribution in [0.3, 0.4) is 0 Å². The van der Waals surface area contributed by atoms with Crippen LogP contribution < -0.4 is 0 Å². The van der Waals surface area contributed by atoms with Gasteiger partial charge in [-0.25, -0.2) is 4.79 Å². The Morgan fingerprint density at radius 1 is 1.58 bits per heavy atom. The lowest BCUT2D eigenvalue weighted by Gasteiger charge is -2.13. The van der Waals surface area contributed by atoms with Gasteiger partial charge in [0, 0.05) is 6.08 Å². The monoisotopic (exact) mass is 212 g/mol. The minimum absolute atomic E-state index is 0.111. The molecule has 5 heteroatoms. The Morgan fingerprint density at radius 2 is 2.17 bits per heavy atom. The number of halogens is 2. The minimum Gasteiger partial charge on any atom is -0.460 e. The highest BCUT2D eigenvalue weighted by Crippen LogP contribution is 2.20. The average Bonchev–Trinajstić information content (AvgIpc) is 1.96. The lowest BCUT2D eigenvalue weighted by atomic mass is 10.6. The molecule has 0 saturated heterocycles. The van der Waals surface area contributed by atoms with Gasteiger partial charge in [-0.1, -0.05) is 29.8 Å². The van der Waals surface area contributed by atoms with E-state index in [-0.39, 0.29) is 13.2 Å². The van der Waals surface area contributed by atoms with Gasteiger partial charge in [-0.05, 0) is 6.92 Å². The molecule has 0 radical (unpaired) electrons. The summed E-state index contributed by atoms with van der Waals surface area (Å²) in [5.74, 6) is -0.496. The van der Waals surface area contributed by atoms with Gasteiger partial charge in [-0.15, -0.1) is 0 Å². The molecule has 0 aromatic carbocycles. The van der Waals surface area contributed by atoms with Crippen LogP contribution in [0.4, 0.5) is 0 Å². The molecule has 0 atom stereocenters. The summed E-state index contributed by atoms with van der Waals surface area (Å²) in [7, 11) is 0. The van der Waals surface area contributed by atoms with Crippen molar-refractivity contribution in [3.63, 3.8) is 0 Å². The van der Waals surface area contributed by atoms with Crippen LogP contribution in [0.25, 0.3) is 0 Å². The van der Waals surface area contributed by atoms with Crippen molar-refractivity contribution < 1.29 is 14.3 Å². The third-order valence-corrected chi connectivity index (χ3v) is 1.07. The highest BCUT2D eigenvalue weighted by atomic mass is 35.5. The van der Waals surface area contributed by atoms with Crippen molar-refractivity contribution in [3.8, 4) is 0 Å². The fourth-order valence-corrected chi connectivity index (χ4v) is 0.576. The lowest BCUT2D eigenvalue weighted by molar-refractivity contribution is -0.139. The van der Waals surface area contributed by atoms with E-state index in [4.69, 9.17) is 27.9 Å². The molecule has 0 fully saturated rings. The predicted octanol–water partition coefficient (Wildman–Crippen LogP) is 1.88. The van der Waals surface area contributed by atoms with Crippen LogP contribution in [0, 0.1) is 0 Å². The van der Waals surface area contributed by atoms with E-state index in [0.29, 0.717) is 0 Å². The van der Waals surface area contributed by atoms with E-state index in [0.717, 1.165) is 6.08 Å². The third kappa shape index (κ3) is 7.85. The smallest absolute Gasteiger partial charge is 0.330 e. The van der Waals surface area contributed by atoms with E-state index in [1.165, 1.54) is 6.92 Å². The number of carbonyl (C=O) groups excluding carboxylic acids is 1. The second kappa shape index (κ2) is 5.41. The molecule has 12 heavy (non-hydrogen) atoms. The van der Waals surface area contributed by atoms with E-state index in [1.54, 1.807) is 0 Å². The molecular formula is C7H10Cl2O3. The normalized spacial score (nSPS) is 10.9. The summed E-state index contributed by atoms with van der Waals surface area (Å²) in [6, 6.07) is 0. The molecule has 0 amide bonds. The number of esters is 1. The average molecular weight is 213 g/mol. The largest absolute Gasteiger partial charge is 0.460 e. The number of hydrogen-bond acceptors (Lipinski definition) is 3. The van der Waals surface area contributed by atoms with E-state index >= 15 is 0 Å². The van der Waals surface area contributed by atoms with Crippen molar-refractivity contribution in [2.45, 2.75) is 11.4 Å². The number of ether oxygens (including phenoxy) is 2. The van der Waals surface area contributed by atoms with Gasteiger partial charge in [0.2, 0.25) is 4.52 Å². The molecule has 0 aliphatic carbocycles. The first-order valence-electron chi connectivity index (χ1n) is 3.26. The summed E-state index contributed by atoms with van der Waals surface area (Å²) in [5.41, 5.74) is 0. The van der Waals surface area contributed by atoms with Crippen molar-refractivity contribution in [2.24, 2.45) is 0 Å². The molecule has 3 nitrogen and oxygen atoms in total. The molecule has 0 saturated carbocycles. The van der Waals surface area contributed by atoms with Crippen LogP contribution in [0.1, 0.15) is 6.92 Å². The van der Waals surface area contributed by atoms with Crippen LogP contribution in [0.2, 0.25) is 0 Å². The number of carbonyl (C=O) groups is 1. The maximum absolute atomic E-state index is 10.5. The lowest BCUT2D eigenvalue weighted by Crippen LogP contribution is -2.17. The maximum Gasteiger partial charge on any atom is 0.330 e. The van der Waals surface area contributed by atoms with Crippen LogP contribution >= 0.6 is 23.2 Å². The molecule has 0 spiro atoms. The zero-order valence-corrected chi connectivity index (χ0v) is 8.19. The Balaban J connectivity index is 3.34. The predicted molar refractivity (Wildman–Crippen MR) is 47.2 cm³/mol. The van der Waals surface area contributed by atoms with Gasteiger partial charge in [-0.3, -0.25) is 0 Å². The van der Waals surface area contributed by atoms with Crippen LogP contribution in [0.5, 0.6) is 0 Å². The third-order valence-electron chi connectivity index (χ3n) is 0.850. The first-order chi connectivity index (χ1) is 5.45. The fraction of sp³-hybridized carbons (Fsp3) is 0.571. The summed E-state index contributed by atoms with van der Waals surface area (Å²) >= 11 is 10.9. The number of rotatable bonds is 5. The van der Waals surface area contributed by atoms with Gasteiger partial charge < -0.3 is 9.47 Å². The second-order valence-corrected chi connectivity index (χ2v) is 3.66. The van der Waals surface area contributed by atoms with E-state index in [1.807, 2.05) is 0 Å². The number of hydrogen-bond donors (Lipinski definition) is 0. The van der Waals surface area contributed by atoms with Gasteiger partial charge in [0.25, 0.3) is 0 Å². The Labute approximate surface area is 81.2 Å². The first-order valence-corrected chi connectivity index (χ1v) is 4.02. The highest BCUT2D eigenvalue weighted by Gasteiger charge is 2.15. The molecule has 0 bridgehead atoms. The summed E-state index contributed by atoms with van der Waals surface area (Å²) in [4.78, 5) is 10.5. The SMILES string of the molecule is C=CC(=O)OCCOC(C)(Cl)Cl. The van der Waals surface area contributed by atoms with Crippen molar-refractivity contribution in [1.29, 1.82) is 0 Å². The topological polar surface area (TPSA) is 35.5 Å². The molecule has 70 valence electrons. The fourth-order valence-electron chi connectivity index (χ4n) is 0.422. The van der Waals surface area contributed by atoms with Crippen LogP contribution in [0.15, 0.2) is 12.7 Å². The molecule has 0 rings (SSSR count). The Kier molecular flexibility index (Phi) is 5.29. The Bertz CT molecular complexity index is 163.